The van der Waals surface area contributed by atoms with Crippen molar-refractivity contribution >= 4 is 34.6 Å². The predicted octanol–water partition coefficient (Wildman–Crippen LogP) is 2.02. The minimum absolute atomic E-state index is 0.219. The van der Waals surface area contributed by atoms with Crippen LogP contribution in [0.25, 0.3) is 0 Å². The molecule has 0 saturated carbocycles. The van der Waals surface area contributed by atoms with Gasteiger partial charge in [0.05, 0.1) is 6.61 Å². The molecule has 7 nitrogen and oxygen atoms in total. The van der Waals surface area contributed by atoms with Crippen molar-refractivity contribution in [2.24, 2.45) is 5.73 Å². The molecule has 1 rings (SSSR count). The van der Waals surface area contributed by atoms with Crippen LogP contribution in [0.5, 0.6) is 0 Å². The second-order valence-electron chi connectivity index (χ2n) is 6.13. The van der Waals surface area contributed by atoms with Crippen molar-refractivity contribution in [3.05, 3.63) is 35.4 Å². The lowest BCUT2D eigenvalue weighted by Crippen LogP contribution is -2.49. The average Bonchev–Trinajstić information content (AvgIpc) is 2.51. The van der Waals surface area contributed by atoms with E-state index in [0.29, 0.717) is 11.0 Å². The molecule has 0 saturated heterocycles. The van der Waals surface area contributed by atoms with Crippen molar-refractivity contribution in [2.75, 3.05) is 4.43 Å². The van der Waals surface area contributed by atoms with E-state index in [9.17, 15) is 9.59 Å². The molecule has 134 valence electrons. The minimum atomic E-state index is -0.736. The summed E-state index contributed by atoms with van der Waals surface area (Å²) in [4.78, 5) is 29.0. The summed E-state index contributed by atoms with van der Waals surface area (Å²) >= 11 is 2.01. The lowest BCUT2D eigenvalue weighted by atomic mass is 10.1. The molecule has 2 amide bonds. The number of amides is 2. The lowest BCUT2D eigenvalue weighted by Gasteiger charge is -2.22. The van der Waals surface area contributed by atoms with E-state index in [1.54, 1.807) is 20.8 Å². The smallest absolute Gasteiger partial charge is 0.408 e. The number of ether oxygens (including phenoxy) is 1. The lowest BCUT2D eigenvalue weighted by molar-refractivity contribution is -0.136. The fourth-order valence-corrected chi connectivity index (χ4v) is 2.28. The molecule has 0 radical (unpaired) electrons. The van der Waals surface area contributed by atoms with Crippen molar-refractivity contribution in [3.8, 4) is 0 Å². The summed E-state index contributed by atoms with van der Waals surface area (Å²) in [5.41, 5.74) is 9.17. The number of benzene rings is 1. The summed E-state index contributed by atoms with van der Waals surface area (Å²) in [7, 11) is 0. The first-order chi connectivity index (χ1) is 11.2. The van der Waals surface area contributed by atoms with Crippen LogP contribution in [-0.4, -0.2) is 28.1 Å². The SMILES string of the molecule is CC(C)(C)OC(=O)N[C@H](CI)C(=O)NOCc1ccc(CN)cc1. The Morgan fingerprint density at radius 2 is 1.79 bits per heavy atom. The van der Waals surface area contributed by atoms with E-state index in [4.69, 9.17) is 15.3 Å². The van der Waals surface area contributed by atoms with Crippen LogP contribution < -0.4 is 16.5 Å². The maximum absolute atomic E-state index is 12.0. The molecular weight excluding hydrogens is 425 g/mol. The van der Waals surface area contributed by atoms with Crippen LogP contribution in [0.4, 0.5) is 4.79 Å². The number of hydroxylamine groups is 1. The Labute approximate surface area is 155 Å². The molecule has 0 spiro atoms. The highest BCUT2D eigenvalue weighted by molar-refractivity contribution is 14.1. The van der Waals surface area contributed by atoms with Gasteiger partial charge in [0.15, 0.2) is 0 Å². The zero-order valence-corrected chi connectivity index (χ0v) is 16.3. The van der Waals surface area contributed by atoms with E-state index in [0.717, 1.165) is 11.1 Å². The van der Waals surface area contributed by atoms with Gasteiger partial charge in [0, 0.05) is 11.0 Å². The van der Waals surface area contributed by atoms with Crippen LogP contribution in [0.15, 0.2) is 24.3 Å². The number of alkyl carbamates (subject to hydrolysis) is 1. The van der Waals surface area contributed by atoms with Gasteiger partial charge in [0.1, 0.15) is 11.6 Å². The quantitative estimate of drug-likeness (QED) is 0.336. The van der Waals surface area contributed by atoms with Gasteiger partial charge in [-0.3, -0.25) is 9.63 Å². The molecule has 0 aliphatic heterocycles. The van der Waals surface area contributed by atoms with Crippen LogP contribution in [0, 0.1) is 0 Å². The normalized spacial score (nSPS) is 12.4. The molecule has 1 aromatic carbocycles. The van der Waals surface area contributed by atoms with E-state index in [-0.39, 0.29) is 6.61 Å². The highest BCUT2D eigenvalue weighted by atomic mass is 127. The summed E-state index contributed by atoms with van der Waals surface area (Å²) in [5, 5.41) is 2.51. The average molecular weight is 449 g/mol. The van der Waals surface area contributed by atoms with Gasteiger partial charge in [0.25, 0.3) is 5.91 Å². The highest BCUT2D eigenvalue weighted by Gasteiger charge is 2.23. The maximum Gasteiger partial charge on any atom is 0.408 e. The van der Waals surface area contributed by atoms with Crippen molar-refractivity contribution < 1.29 is 19.2 Å². The van der Waals surface area contributed by atoms with Crippen LogP contribution in [-0.2, 0) is 27.5 Å². The number of hydrogen-bond acceptors (Lipinski definition) is 5. The van der Waals surface area contributed by atoms with Crippen molar-refractivity contribution in [1.29, 1.82) is 0 Å². The van der Waals surface area contributed by atoms with E-state index in [2.05, 4.69) is 10.8 Å². The Morgan fingerprint density at radius 3 is 2.29 bits per heavy atom. The second kappa shape index (κ2) is 9.80. The molecule has 1 aromatic rings. The van der Waals surface area contributed by atoms with Gasteiger partial charge in [-0.15, -0.1) is 0 Å². The van der Waals surface area contributed by atoms with Crippen LogP contribution >= 0.6 is 22.6 Å². The van der Waals surface area contributed by atoms with Crippen LogP contribution in [0.1, 0.15) is 31.9 Å². The van der Waals surface area contributed by atoms with Gasteiger partial charge in [-0.2, -0.15) is 0 Å². The molecule has 1 atom stereocenters. The summed E-state index contributed by atoms with van der Waals surface area (Å²) in [6.45, 7) is 5.96. The number of halogens is 1. The van der Waals surface area contributed by atoms with Crippen molar-refractivity contribution in [2.45, 2.75) is 45.6 Å². The van der Waals surface area contributed by atoms with Gasteiger partial charge >= 0.3 is 6.09 Å². The molecule has 0 aliphatic carbocycles. The molecule has 0 aliphatic rings. The van der Waals surface area contributed by atoms with Gasteiger partial charge in [-0.1, -0.05) is 46.9 Å². The Kier molecular flexibility index (Phi) is 8.43. The summed E-state index contributed by atoms with van der Waals surface area (Å²) in [6, 6.07) is 6.82. The fourth-order valence-electron chi connectivity index (χ4n) is 1.66. The predicted molar refractivity (Wildman–Crippen MR) is 99.3 cm³/mol. The topological polar surface area (TPSA) is 103 Å². The van der Waals surface area contributed by atoms with Crippen molar-refractivity contribution in [1.82, 2.24) is 10.8 Å². The summed E-state index contributed by atoms with van der Waals surface area (Å²) in [5.74, 6) is -0.436. The molecule has 24 heavy (non-hydrogen) atoms. The van der Waals surface area contributed by atoms with Crippen LogP contribution in [0.3, 0.4) is 0 Å². The molecular formula is C16H24IN3O4. The van der Waals surface area contributed by atoms with Crippen LogP contribution in [0.2, 0.25) is 0 Å². The summed E-state index contributed by atoms with van der Waals surface area (Å²) < 4.78 is 5.52. The monoisotopic (exact) mass is 449 g/mol. The Hall–Kier alpha value is -1.39. The first kappa shape index (κ1) is 20.7. The number of carbonyl (C=O) groups is 2. The third-order valence-electron chi connectivity index (χ3n) is 2.83. The molecule has 8 heteroatoms. The van der Waals surface area contributed by atoms with Gasteiger partial charge < -0.3 is 15.8 Å². The molecule has 0 fully saturated rings. The minimum Gasteiger partial charge on any atom is -0.444 e. The maximum atomic E-state index is 12.0. The number of alkyl halides is 1. The number of hydrogen-bond donors (Lipinski definition) is 3. The standard InChI is InChI=1S/C16H24IN3O4/c1-16(2,3)24-15(22)19-13(8-17)14(21)20-23-10-12-6-4-11(9-18)5-7-12/h4-7,13H,8-10,18H2,1-3H3,(H,19,22)(H,20,21)/t13-/m1/s1. The van der Waals surface area contributed by atoms with E-state index in [1.807, 2.05) is 46.9 Å². The third kappa shape index (κ3) is 7.93. The molecule has 4 N–H and O–H groups in total. The first-order valence-corrected chi connectivity index (χ1v) is 9.02. The molecule has 0 bridgehead atoms. The number of nitrogens with one attached hydrogen (secondary N) is 2. The number of nitrogens with two attached hydrogens (primary N) is 1. The third-order valence-corrected chi connectivity index (χ3v) is 3.71. The molecule has 0 aromatic heterocycles. The Bertz CT molecular complexity index is 543. The van der Waals surface area contributed by atoms with E-state index in [1.165, 1.54) is 0 Å². The summed E-state index contributed by atoms with van der Waals surface area (Å²) in [6.07, 6.45) is -0.642. The number of rotatable bonds is 7. The molecule has 0 heterocycles. The number of carbonyl (C=O) groups excluding carboxylic acids is 2. The van der Waals surface area contributed by atoms with Gasteiger partial charge in [-0.05, 0) is 31.9 Å². The first-order valence-electron chi connectivity index (χ1n) is 7.50. The van der Waals surface area contributed by atoms with E-state index < -0.39 is 23.6 Å². The van der Waals surface area contributed by atoms with Crippen molar-refractivity contribution in [3.63, 3.8) is 0 Å². The zero-order chi connectivity index (χ0) is 18.2. The Balaban J connectivity index is 2.42. The zero-order valence-electron chi connectivity index (χ0n) is 14.1. The Morgan fingerprint density at radius 1 is 1.21 bits per heavy atom. The fraction of sp³-hybridized carbons (Fsp3) is 0.500. The second-order valence-corrected chi connectivity index (χ2v) is 7.01. The molecule has 0 unspecified atom stereocenters. The van der Waals surface area contributed by atoms with Gasteiger partial charge in [-0.25, -0.2) is 10.3 Å². The van der Waals surface area contributed by atoms with Gasteiger partial charge in [0.2, 0.25) is 0 Å². The highest BCUT2D eigenvalue weighted by Crippen LogP contribution is 2.07. The van der Waals surface area contributed by atoms with E-state index >= 15 is 0 Å². The largest absolute Gasteiger partial charge is 0.444 e.